The van der Waals surface area contributed by atoms with E-state index in [4.69, 9.17) is 21.1 Å². The Morgan fingerprint density at radius 1 is 1.16 bits per heavy atom. The number of hydrogen-bond acceptors (Lipinski definition) is 5. The van der Waals surface area contributed by atoms with Crippen LogP contribution in [0.15, 0.2) is 12.1 Å². The quantitative estimate of drug-likeness (QED) is 0.880. The molecule has 1 amide bonds. The van der Waals surface area contributed by atoms with Gasteiger partial charge in [0.25, 0.3) is 0 Å². The van der Waals surface area contributed by atoms with Crippen LogP contribution in [0, 0.1) is 0 Å². The minimum atomic E-state index is -1.10. The van der Waals surface area contributed by atoms with E-state index in [-0.39, 0.29) is 17.4 Å². The first kappa shape index (κ1) is 19.2. The van der Waals surface area contributed by atoms with Crippen molar-refractivity contribution in [1.82, 2.24) is 4.90 Å². The predicted molar refractivity (Wildman–Crippen MR) is 95.0 cm³/mol. The van der Waals surface area contributed by atoms with Crippen LogP contribution in [0.5, 0.6) is 5.75 Å². The molecule has 0 spiro atoms. The van der Waals surface area contributed by atoms with E-state index in [9.17, 15) is 14.7 Å². The molecule has 0 saturated carbocycles. The lowest BCUT2D eigenvalue weighted by Gasteiger charge is -2.37. The molecule has 0 bridgehead atoms. The number of rotatable bonds is 3. The zero-order valence-corrected chi connectivity index (χ0v) is 15.6. The lowest BCUT2D eigenvalue weighted by molar-refractivity contribution is 0.0240. The maximum Gasteiger partial charge on any atom is 0.410 e. The molecule has 1 aliphatic heterocycles. The number of anilines is 1. The largest absolute Gasteiger partial charge is 0.494 e. The lowest BCUT2D eigenvalue weighted by atomic mass is 10.1. The third-order valence-electron chi connectivity index (χ3n) is 3.74. The number of carbonyl (C=O) groups is 2. The summed E-state index contributed by atoms with van der Waals surface area (Å²) in [6.45, 7) is 7.45. The summed E-state index contributed by atoms with van der Waals surface area (Å²) in [7, 11) is 1.43. The molecule has 0 atom stereocenters. The van der Waals surface area contributed by atoms with Gasteiger partial charge in [-0.2, -0.15) is 0 Å². The van der Waals surface area contributed by atoms with Gasteiger partial charge in [0.05, 0.1) is 12.8 Å². The van der Waals surface area contributed by atoms with Crippen LogP contribution in [0.4, 0.5) is 10.5 Å². The van der Waals surface area contributed by atoms with Gasteiger partial charge in [0, 0.05) is 31.2 Å². The molecule has 1 fully saturated rings. The summed E-state index contributed by atoms with van der Waals surface area (Å²) < 4.78 is 10.7. The Bertz CT molecular complexity index is 664. The van der Waals surface area contributed by atoms with Crippen LogP contribution >= 0.6 is 11.6 Å². The van der Waals surface area contributed by atoms with Gasteiger partial charge in [-0.3, -0.25) is 0 Å². The summed E-state index contributed by atoms with van der Waals surface area (Å²) in [6.07, 6.45) is -0.351. The first-order valence-electron chi connectivity index (χ1n) is 7.96. The molecule has 1 heterocycles. The molecule has 0 aromatic heterocycles. The van der Waals surface area contributed by atoms with E-state index in [0.717, 1.165) is 0 Å². The van der Waals surface area contributed by atoms with Gasteiger partial charge >= 0.3 is 12.1 Å². The fraction of sp³-hybridized carbons (Fsp3) is 0.529. The molecule has 138 valence electrons. The number of hydrogen-bond donors (Lipinski definition) is 1. The zero-order valence-electron chi connectivity index (χ0n) is 14.8. The van der Waals surface area contributed by atoms with Crippen molar-refractivity contribution < 1.29 is 24.2 Å². The Morgan fingerprint density at radius 2 is 1.76 bits per heavy atom. The van der Waals surface area contributed by atoms with Gasteiger partial charge < -0.3 is 24.4 Å². The molecule has 1 aromatic carbocycles. The third-order valence-corrected chi connectivity index (χ3v) is 3.96. The molecular weight excluding hydrogens is 348 g/mol. The molecule has 25 heavy (non-hydrogen) atoms. The van der Waals surface area contributed by atoms with Crippen molar-refractivity contribution in [2.24, 2.45) is 0 Å². The van der Waals surface area contributed by atoms with E-state index in [1.807, 2.05) is 25.7 Å². The van der Waals surface area contributed by atoms with E-state index in [0.29, 0.717) is 36.9 Å². The molecule has 1 N–H and O–H groups in total. The van der Waals surface area contributed by atoms with Crippen LogP contribution in [-0.4, -0.2) is 61.0 Å². The molecule has 1 aromatic rings. The SMILES string of the molecule is COc1c(C(=O)O)cc(Cl)cc1N1CCN(C(=O)OC(C)(C)C)CC1. The molecule has 8 heteroatoms. The molecule has 0 aliphatic carbocycles. The number of methoxy groups -OCH3 is 1. The minimum absolute atomic E-state index is 0.0135. The third kappa shape index (κ3) is 4.69. The highest BCUT2D eigenvalue weighted by molar-refractivity contribution is 6.31. The van der Waals surface area contributed by atoms with E-state index in [2.05, 4.69) is 0 Å². The number of aromatic carboxylic acids is 1. The minimum Gasteiger partial charge on any atom is -0.494 e. The first-order valence-corrected chi connectivity index (χ1v) is 8.34. The Morgan fingerprint density at radius 3 is 2.24 bits per heavy atom. The second-order valence-corrected chi connectivity index (χ2v) is 7.20. The average Bonchev–Trinajstić information content (AvgIpc) is 2.52. The van der Waals surface area contributed by atoms with Crippen molar-refractivity contribution in [3.8, 4) is 5.75 Å². The summed E-state index contributed by atoms with van der Waals surface area (Å²) in [5.41, 5.74) is 0.0802. The molecule has 0 unspecified atom stereocenters. The van der Waals surface area contributed by atoms with Gasteiger partial charge in [-0.15, -0.1) is 0 Å². The number of piperazine rings is 1. The van der Waals surface area contributed by atoms with Crippen LogP contribution in [0.1, 0.15) is 31.1 Å². The number of carboxylic acids is 1. The number of benzene rings is 1. The van der Waals surface area contributed by atoms with E-state index in [1.165, 1.54) is 13.2 Å². The highest BCUT2D eigenvalue weighted by Gasteiger charge is 2.28. The monoisotopic (exact) mass is 370 g/mol. The predicted octanol–water partition coefficient (Wildman–Crippen LogP) is 3.10. The molecule has 1 saturated heterocycles. The fourth-order valence-electron chi connectivity index (χ4n) is 2.64. The highest BCUT2D eigenvalue weighted by Crippen LogP contribution is 2.36. The Labute approximate surface area is 152 Å². The van der Waals surface area contributed by atoms with Crippen molar-refractivity contribution >= 4 is 29.4 Å². The van der Waals surface area contributed by atoms with Gasteiger partial charge in [-0.05, 0) is 32.9 Å². The maximum atomic E-state index is 12.1. The number of amides is 1. The van der Waals surface area contributed by atoms with Crippen LogP contribution in [0.2, 0.25) is 5.02 Å². The van der Waals surface area contributed by atoms with E-state index >= 15 is 0 Å². The van der Waals surface area contributed by atoms with Crippen molar-refractivity contribution in [3.63, 3.8) is 0 Å². The summed E-state index contributed by atoms with van der Waals surface area (Å²) in [5.74, 6) is -0.837. The number of nitrogens with zero attached hydrogens (tertiary/aromatic N) is 2. The Kier molecular flexibility index (Phi) is 5.67. The summed E-state index contributed by atoms with van der Waals surface area (Å²) in [4.78, 5) is 27.1. The van der Waals surface area contributed by atoms with Gasteiger partial charge in [-0.25, -0.2) is 9.59 Å². The Hall–Kier alpha value is -2.15. The number of ether oxygens (including phenoxy) is 2. The Balaban J connectivity index is 2.16. The zero-order chi connectivity index (χ0) is 18.8. The molecule has 0 radical (unpaired) electrons. The van der Waals surface area contributed by atoms with Gasteiger partial charge in [-0.1, -0.05) is 11.6 Å². The average molecular weight is 371 g/mol. The lowest BCUT2D eigenvalue weighted by Crippen LogP contribution is -2.50. The first-order chi connectivity index (χ1) is 11.6. The van der Waals surface area contributed by atoms with Gasteiger partial charge in [0.1, 0.15) is 11.2 Å². The van der Waals surface area contributed by atoms with Crippen molar-refractivity contribution in [2.75, 3.05) is 38.2 Å². The summed E-state index contributed by atoms with van der Waals surface area (Å²) >= 11 is 6.06. The van der Waals surface area contributed by atoms with Crippen LogP contribution < -0.4 is 9.64 Å². The van der Waals surface area contributed by atoms with Crippen molar-refractivity contribution in [2.45, 2.75) is 26.4 Å². The number of carboxylic acid groups (broad SMARTS) is 1. The topological polar surface area (TPSA) is 79.3 Å². The highest BCUT2D eigenvalue weighted by atomic mass is 35.5. The van der Waals surface area contributed by atoms with Gasteiger partial charge in [0.2, 0.25) is 0 Å². The van der Waals surface area contributed by atoms with Crippen molar-refractivity contribution in [1.29, 1.82) is 0 Å². The second-order valence-electron chi connectivity index (χ2n) is 6.77. The standard InChI is InChI=1S/C17H23ClN2O5/c1-17(2,3)25-16(23)20-7-5-19(6-8-20)13-10-11(18)9-12(15(21)22)14(13)24-4/h9-10H,5-8H2,1-4H3,(H,21,22). The number of carbonyl (C=O) groups excluding carboxylic acids is 1. The fourth-order valence-corrected chi connectivity index (χ4v) is 2.86. The molecule has 1 aliphatic rings. The second kappa shape index (κ2) is 7.39. The van der Waals surface area contributed by atoms with Crippen LogP contribution in [0.25, 0.3) is 0 Å². The number of halogens is 1. The van der Waals surface area contributed by atoms with Crippen LogP contribution in [0.3, 0.4) is 0 Å². The summed E-state index contributed by atoms with van der Waals surface area (Å²) in [5, 5.41) is 9.66. The van der Waals surface area contributed by atoms with Gasteiger partial charge in [0.15, 0.2) is 5.75 Å². The smallest absolute Gasteiger partial charge is 0.410 e. The van der Waals surface area contributed by atoms with Crippen molar-refractivity contribution in [3.05, 3.63) is 22.7 Å². The van der Waals surface area contributed by atoms with E-state index < -0.39 is 11.6 Å². The maximum absolute atomic E-state index is 12.1. The normalized spacial score (nSPS) is 15.1. The summed E-state index contributed by atoms with van der Waals surface area (Å²) in [6, 6.07) is 3.04. The molecule has 2 rings (SSSR count). The van der Waals surface area contributed by atoms with Crippen LogP contribution in [-0.2, 0) is 4.74 Å². The molecular formula is C17H23ClN2O5. The van der Waals surface area contributed by atoms with E-state index in [1.54, 1.807) is 11.0 Å². The molecule has 7 nitrogen and oxygen atoms in total.